The average molecular weight is 565 g/mol. The third-order valence-corrected chi connectivity index (χ3v) is 6.30. The van der Waals surface area contributed by atoms with Gasteiger partial charge in [0.1, 0.15) is 29.6 Å². The van der Waals surface area contributed by atoms with E-state index in [1.807, 2.05) is 0 Å². The van der Waals surface area contributed by atoms with Crippen molar-refractivity contribution in [2.45, 2.75) is 31.9 Å². The van der Waals surface area contributed by atoms with Crippen molar-refractivity contribution < 1.29 is 36.3 Å². The molecule has 0 atom stereocenters. The van der Waals surface area contributed by atoms with Gasteiger partial charge in [0, 0.05) is 63.4 Å². The molecule has 0 bridgehead atoms. The first kappa shape index (κ1) is 28.6. The van der Waals surface area contributed by atoms with E-state index in [1.165, 1.54) is 7.05 Å². The maximum atomic E-state index is 14.2. The molecule has 0 saturated heterocycles. The van der Waals surface area contributed by atoms with Crippen LogP contribution in [0.3, 0.4) is 0 Å². The number of ether oxygens (including phenoxy) is 1. The molecule has 2 heterocycles. The zero-order chi connectivity index (χ0) is 29.0. The summed E-state index contributed by atoms with van der Waals surface area (Å²) in [5, 5.41) is 2.20. The minimum absolute atomic E-state index is 0.171. The normalized spacial score (nSPS) is 15.2. The topological polar surface area (TPSA) is 92.7 Å². The van der Waals surface area contributed by atoms with Crippen LogP contribution in [0.4, 0.5) is 22.0 Å². The maximum absolute atomic E-state index is 14.2. The number of amides is 2. The number of hydrogen-bond acceptors (Lipinski definition) is 5. The monoisotopic (exact) mass is 564 g/mol. The Morgan fingerprint density at radius 1 is 1.07 bits per heavy atom. The van der Waals surface area contributed by atoms with Crippen LogP contribution in [0.2, 0.25) is 0 Å². The van der Waals surface area contributed by atoms with Gasteiger partial charge in [0.05, 0.1) is 0 Å². The number of carbonyl (C=O) groups is 2. The van der Waals surface area contributed by atoms with Gasteiger partial charge in [-0.2, -0.15) is 0 Å². The second-order valence-electron chi connectivity index (χ2n) is 9.22. The molecule has 1 aromatic heterocycles. The van der Waals surface area contributed by atoms with Gasteiger partial charge in [-0.15, -0.1) is 0 Å². The molecule has 0 radical (unpaired) electrons. The number of aromatic nitrogens is 1. The van der Waals surface area contributed by atoms with Crippen molar-refractivity contribution in [3.05, 3.63) is 98.7 Å². The molecule has 8 nitrogen and oxygen atoms in total. The number of benzene rings is 2. The molecule has 13 heteroatoms. The summed E-state index contributed by atoms with van der Waals surface area (Å²) < 4.78 is 76.5. The third-order valence-electron chi connectivity index (χ3n) is 6.30. The van der Waals surface area contributed by atoms with Gasteiger partial charge in [-0.25, -0.2) is 22.0 Å². The number of carbonyl (C=O) groups excluding carboxylic acids is 2. The number of rotatable bonds is 6. The lowest BCUT2D eigenvalue weighted by Crippen LogP contribution is -2.41. The number of fused-ring (bicyclic) bond motifs is 1. The van der Waals surface area contributed by atoms with Crippen molar-refractivity contribution in [3.8, 4) is 5.75 Å². The van der Waals surface area contributed by atoms with Crippen molar-refractivity contribution in [2.24, 2.45) is 0 Å². The van der Waals surface area contributed by atoms with E-state index in [1.54, 1.807) is 30.3 Å². The fourth-order valence-electron chi connectivity index (χ4n) is 4.04. The van der Waals surface area contributed by atoms with Gasteiger partial charge in [0.25, 0.3) is 17.7 Å². The highest BCUT2D eigenvalue weighted by Gasteiger charge is 2.33. The maximum Gasteiger partial charge on any atom is 0.276 e. The van der Waals surface area contributed by atoms with E-state index >= 15 is 0 Å². The Hall–Kier alpha value is -4.42. The number of halogens is 5. The second kappa shape index (κ2) is 11.8. The van der Waals surface area contributed by atoms with E-state index in [2.05, 4.69) is 10.7 Å². The first-order chi connectivity index (χ1) is 19.0. The molecule has 0 unspecified atom stereocenters. The summed E-state index contributed by atoms with van der Waals surface area (Å²) in [6, 6.07) is 9.49. The fraction of sp³-hybridized carbons (Fsp3) is 0.296. The third kappa shape index (κ3) is 6.41. The molecular formula is C27H25F5N4O4. The number of hydrogen-bond donors (Lipinski definition) is 2. The van der Waals surface area contributed by atoms with Gasteiger partial charge < -0.3 is 20.4 Å². The molecule has 2 N–H and O–H groups in total. The molecule has 212 valence electrons. The Kier molecular flexibility index (Phi) is 8.40. The molecular weight excluding hydrogens is 539 g/mol. The predicted octanol–water partition coefficient (Wildman–Crippen LogP) is 3.82. The standard InChI is InChI=1S/C27H25F5N4O4/c1-35-10-8-27(31,32)7-9-34-36-14-19(25(38)33-13-18-20(29)11-17(28)12-21(18)30)23(37)24(22(36)26(35)39)40-15-16-5-3-2-4-6-16/h2-6,11-12,14,34H,7-10,13,15H2,1H3,(H,33,38). The van der Waals surface area contributed by atoms with Gasteiger partial charge in [-0.1, -0.05) is 30.3 Å². The van der Waals surface area contributed by atoms with Crippen LogP contribution in [-0.2, 0) is 13.2 Å². The summed E-state index contributed by atoms with van der Waals surface area (Å²) in [5.41, 5.74) is 0.688. The molecule has 0 spiro atoms. The molecule has 2 aromatic carbocycles. The van der Waals surface area contributed by atoms with Gasteiger partial charge >= 0.3 is 0 Å². The minimum atomic E-state index is -3.09. The van der Waals surface area contributed by atoms with Gasteiger partial charge in [0.15, 0.2) is 11.4 Å². The molecule has 0 fully saturated rings. The zero-order valence-electron chi connectivity index (χ0n) is 21.3. The Balaban J connectivity index is 1.75. The second-order valence-corrected chi connectivity index (χ2v) is 9.22. The zero-order valence-corrected chi connectivity index (χ0v) is 21.3. The summed E-state index contributed by atoms with van der Waals surface area (Å²) in [6.45, 7) is -1.55. The highest BCUT2D eigenvalue weighted by molar-refractivity contribution is 5.98. The molecule has 3 aromatic rings. The van der Waals surface area contributed by atoms with E-state index in [-0.39, 0.29) is 25.4 Å². The summed E-state index contributed by atoms with van der Waals surface area (Å²) in [7, 11) is 1.29. The predicted molar refractivity (Wildman–Crippen MR) is 134 cm³/mol. The minimum Gasteiger partial charge on any atom is -0.482 e. The largest absolute Gasteiger partial charge is 0.482 e. The van der Waals surface area contributed by atoms with Crippen LogP contribution in [0, 0.1) is 17.5 Å². The molecule has 1 aliphatic heterocycles. The first-order valence-corrected chi connectivity index (χ1v) is 12.2. The van der Waals surface area contributed by atoms with Crippen molar-refractivity contribution in [2.75, 3.05) is 25.6 Å². The van der Waals surface area contributed by atoms with Crippen molar-refractivity contribution >= 4 is 11.8 Å². The van der Waals surface area contributed by atoms with Crippen molar-refractivity contribution in [3.63, 3.8) is 0 Å². The number of pyridine rings is 1. The Labute approximate surface area is 225 Å². The van der Waals surface area contributed by atoms with Gasteiger partial charge in [-0.3, -0.25) is 19.1 Å². The average Bonchev–Trinajstić information content (AvgIpc) is 2.90. The van der Waals surface area contributed by atoms with Crippen molar-refractivity contribution in [1.82, 2.24) is 14.9 Å². The smallest absolute Gasteiger partial charge is 0.276 e. The molecule has 2 amide bonds. The van der Waals surface area contributed by atoms with Crippen LogP contribution in [0.5, 0.6) is 5.75 Å². The summed E-state index contributed by atoms with van der Waals surface area (Å²) in [4.78, 5) is 40.9. The Morgan fingerprint density at radius 3 is 2.42 bits per heavy atom. The van der Waals surface area contributed by atoms with Crippen LogP contribution < -0.4 is 20.9 Å². The molecule has 0 saturated carbocycles. The lowest BCUT2D eigenvalue weighted by atomic mass is 10.1. The van der Waals surface area contributed by atoms with Crippen LogP contribution in [0.15, 0.2) is 53.5 Å². The van der Waals surface area contributed by atoms with Crippen LogP contribution >= 0.6 is 0 Å². The quantitative estimate of drug-likeness (QED) is 0.445. The van der Waals surface area contributed by atoms with Crippen molar-refractivity contribution in [1.29, 1.82) is 0 Å². The number of nitrogens with one attached hydrogen (secondary N) is 2. The summed E-state index contributed by atoms with van der Waals surface area (Å²) >= 11 is 0. The van der Waals surface area contributed by atoms with Gasteiger partial charge in [-0.05, 0) is 5.56 Å². The lowest BCUT2D eigenvalue weighted by molar-refractivity contribution is -0.0191. The Morgan fingerprint density at radius 2 is 1.75 bits per heavy atom. The van der Waals surface area contributed by atoms with E-state index in [4.69, 9.17) is 4.74 Å². The Bertz CT molecular complexity index is 1460. The van der Waals surface area contributed by atoms with Gasteiger partial charge in [0.2, 0.25) is 5.43 Å². The number of nitrogens with zero attached hydrogens (tertiary/aromatic N) is 2. The highest BCUT2D eigenvalue weighted by atomic mass is 19.3. The first-order valence-electron chi connectivity index (χ1n) is 12.2. The highest BCUT2D eigenvalue weighted by Crippen LogP contribution is 2.26. The molecule has 4 rings (SSSR count). The van der Waals surface area contributed by atoms with E-state index in [0.717, 1.165) is 15.8 Å². The van der Waals surface area contributed by atoms with Crippen LogP contribution in [-0.4, -0.2) is 47.5 Å². The molecule has 40 heavy (non-hydrogen) atoms. The van der Waals surface area contributed by atoms with E-state index in [0.29, 0.717) is 17.7 Å². The van der Waals surface area contributed by atoms with Crippen LogP contribution in [0.1, 0.15) is 44.8 Å². The summed E-state index contributed by atoms with van der Waals surface area (Å²) in [6.07, 6.45) is -0.269. The lowest BCUT2D eigenvalue weighted by Gasteiger charge is -2.27. The van der Waals surface area contributed by atoms with E-state index < -0.39 is 76.9 Å². The van der Waals surface area contributed by atoms with Crippen LogP contribution in [0.25, 0.3) is 0 Å². The number of alkyl halides is 2. The van der Waals surface area contributed by atoms with E-state index in [9.17, 15) is 36.3 Å². The fourth-order valence-corrected chi connectivity index (χ4v) is 4.04. The summed E-state index contributed by atoms with van der Waals surface area (Å²) in [5.74, 6) is -9.17. The molecule has 0 aliphatic carbocycles. The molecule has 1 aliphatic rings. The SMILES string of the molecule is CN1CCC(F)(F)CCNn2cc(C(=O)NCc3c(F)cc(F)cc3F)c(=O)c(OCc3ccccc3)c2C1=O.